The molecular weight excluding hydrogens is 318 g/mol. The van der Waals surface area contributed by atoms with E-state index in [1.54, 1.807) is 0 Å². The summed E-state index contributed by atoms with van der Waals surface area (Å²) in [7, 11) is 0. The van der Waals surface area contributed by atoms with Crippen LogP contribution in [0.5, 0.6) is 0 Å². The Balaban J connectivity index is 1.51. The molecule has 1 aliphatic carbocycles. The third-order valence-corrected chi connectivity index (χ3v) is 4.64. The molecule has 3 rings (SSSR count). The van der Waals surface area contributed by atoms with Crippen LogP contribution in [-0.2, 0) is 23.9 Å². The van der Waals surface area contributed by atoms with Crippen LogP contribution >= 0.6 is 0 Å². The molecule has 9 heteroatoms. The lowest BCUT2D eigenvalue weighted by atomic mass is 9.82. The predicted molar refractivity (Wildman–Crippen MR) is 79.3 cm³/mol. The molecular formula is C15H21N3O6. The van der Waals surface area contributed by atoms with E-state index in [-0.39, 0.29) is 0 Å². The highest BCUT2D eigenvalue weighted by Crippen LogP contribution is 2.32. The molecule has 1 atom stereocenters. The summed E-state index contributed by atoms with van der Waals surface area (Å²) in [6, 6.07) is -0.652. The number of hydrogen-bond donors (Lipinski definition) is 2. The minimum absolute atomic E-state index is 0.453. The first-order valence-corrected chi connectivity index (χ1v) is 8.26. The smallest absolute Gasteiger partial charge is 0.344 e. The number of hydrogen-bond acceptors (Lipinski definition) is 6. The van der Waals surface area contributed by atoms with Gasteiger partial charge in [-0.15, -0.1) is 0 Å². The van der Waals surface area contributed by atoms with E-state index in [1.165, 1.54) is 0 Å². The standard InChI is InChI=1S/C15H21N3O6/c19-11(9-24-12(20)10-5-4-8-23-10)17-18-13(21)15(16-14(18)22)6-2-1-3-7-15/h10H,1-9H2,(H,16,22)(H,17,19)/t10-/m1/s1. The van der Waals surface area contributed by atoms with Crippen LogP contribution in [0, 0.1) is 0 Å². The molecule has 3 aliphatic rings. The van der Waals surface area contributed by atoms with Gasteiger partial charge in [0, 0.05) is 6.61 Å². The molecule has 0 unspecified atom stereocenters. The van der Waals surface area contributed by atoms with Crippen molar-refractivity contribution in [3.8, 4) is 0 Å². The third-order valence-electron chi connectivity index (χ3n) is 4.64. The average molecular weight is 339 g/mol. The number of rotatable bonds is 4. The molecule has 4 amide bonds. The van der Waals surface area contributed by atoms with Gasteiger partial charge in [-0.25, -0.2) is 9.59 Å². The number of carbonyl (C=O) groups excluding carboxylic acids is 4. The number of carbonyl (C=O) groups is 4. The fraction of sp³-hybridized carbons (Fsp3) is 0.733. The quantitative estimate of drug-likeness (QED) is 0.550. The third kappa shape index (κ3) is 3.21. The lowest BCUT2D eigenvalue weighted by molar-refractivity contribution is -0.158. The van der Waals surface area contributed by atoms with Crippen molar-refractivity contribution < 1.29 is 28.7 Å². The Bertz CT molecular complexity index is 551. The second-order valence-electron chi connectivity index (χ2n) is 6.36. The van der Waals surface area contributed by atoms with Gasteiger partial charge in [0.25, 0.3) is 11.8 Å². The van der Waals surface area contributed by atoms with Crippen molar-refractivity contribution in [2.75, 3.05) is 13.2 Å². The number of hydrazine groups is 1. The van der Waals surface area contributed by atoms with Gasteiger partial charge < -0.3 is 14.8 Å². The largest absolute Gasteiger partial charge is 0.454 e. The minimum atomic E-state index is -0.906. The molecule has 2 heterocycles. The van der Waals surface area contributed by atoms with E-state index in [0.29, 0.717) is 30.9 Å². The van der Waals surface area contributed by atoms with Gasteiger partial charge in [-0.1, -0.05) is 19.3 Å². The second kappa shape index (κ2) is 6.76. The number of imide groups is 1. The van der Waals surface area contributed by atoms with Gasteiger partial charge in [0.15, 0.2) is 12.7 Å². The molecule has 24 heavy (non-hydrogen) atoms. The molecule has 1 spiro atoms. The fourth-order valence-corrected chi connectivity index (χ4v) is 3.37. The zero-order valence-electron chi connectivity index (χ0n) is 13.3. The highest BCUT2D eigenvalue weighted by molar-refractivity contribution is 6.08. The molecule has 132 valence electrons. The zero-order valence-corrected chi connectivity index (χ0v) is 13.3. The summed E-state index contributed by atoms with van der Waals surface area (Å²) >= 11 is 0. The van der Waals surface area contributed by atoms with Crippen LogP contribution in [0.4, 0.5) is 4.79 Å². The normalized spacial score (nSPS) is 25.7. The molecule has 0 aromatic heterocycles. The van der Waals surface area contributed by atoms with E-state index >= 15 is 0 Å². The van der Waals surface area contributed by atoms with Crippen LogP contribution in [0.2, 0.25) is 0 Å². The summed E-state index contributed by atoms with van der Waals surface area (Å²) in [6.45, 7) is -0.0702. The zero-order chi connectivity index (χ0) is 17.2. The van der Waals surface area contributed by atoms with Crippen molar-refractivity contribution in [2.24, 2.45) is 0 Å². The van der Waals surface area contributed by atoms with E-state index in [2.05, 4.69) is 10.7 Å². The molecule has 1 saturated carbocycles. The van der Waals surface area contributed by atoms with Crippen LogP contribution in [0.15, 0.2) is 0 Å². The van der Waals surface area contributed by atoms with Crippen molar-refractivity contribution in [1.29, 1.82) is 0 Å². The van der Waals surface area contributed by atoms with E-state index in [4.69, 9.17) is 9.47 Å². The predicted octanol–water partition coefficient (Wildman–Crippen LogP) is -0.00550. The Morgan fingerprint density at radius 2 is 2.00 bits per heavy atom. The first kappa shape index (κ1) is 16.7. The number of nitrogens with one attached hydrogen (secondary N) is 2. The number of nitrogens with zero attached hydrogens (tertiary/aromatic N) is 1. The Labute approximate surface area is 139 Å². The summed E-state index contributed by atoms with van der Waals surface area (Å²) < 4.78 is 10.0. The molecule has 9 nitrogen and oxygen atoms in total. The van der Waals surface area contributed by atoms with Gasteiger partial charge in [0.2, 0.25) is 0 Å². The van der Waals surface area contributed by atoms with E-state index < -0.39 is 42.1 Å². The monoisotopic (exact) mass is 339 g/mol. The highest BCUT2D eigenvalue weighted by Gasteiger charge is 2.52. The van der Waals surface area contributed by atoms with Crippen LogP contribution in [0.3, 0.4) is 0 Å². The lowest BCUT2D eigenvalue weighted by Crippen LogP contribution is -2.51. The SMILES string of the molecule is O=C(COC(=O)[C@H]1CCCO1)NN1C(=O)NC2(CCCCC2)C1=O. The van der Waals surface area contributed by atoms with Gasteiger partial charge in [-0.3, -0.25) is 15.0 Å². The Morgan fingerprint density at radius 3 is 2.67 bits per heavy atom. The molecule has 0 bridgehead atoms. The fourth-order valence-electron chi connectivity index (χ4n) is 3.37. The summed E-state index contributed by atoms with van der Waals surface area (Å²) in [6.07, 6.45) is 4.57. The molecule has 0 radical (unpaired) electrons. The van der Waals surface area contributed by atoms with Crippen LogP contribution in [-0.4, -0.2) is 53.7 Å². The van der Waals surface area contributed by atoms with E-state index in [0.717, 1.165) is 25.7 Å². The maximum absolute atomic E-state index is 12.5. The lowest BCUT2D eigenvalue weighted by Gasteiger charge is -2.30. The Hall–Kier alpha value is -2.16. The topological polar surface area (TPSA) is 114 Å². The van der Waals surface area contributed by atoms with E-state index in [1.807, 2.05) is 0 Å². The van der Waals surface area contributed by atoms with Crippen LogP contribution < -0.4 is 10.7 Å². The average Bonchev–Trinajstić information content (AvgIpc) is 3.18. The summed E-state index contributed by atoms with van der Waals surface area (Å²) in [4.78, 5) is 48.0. The van der Waals surface area contributed by atoms with Gasteiger partial charge in [-0.2, -0.15) is 5.01 Å². The molecule has 2 aliphatic heterocycles. The van der Waals surface area contributed by atoms with Gasteiger partial charge in [0.1, 0.15) is 5.54 Å². The molecule has 2 saturated heterocycles. The Kier molecular flexibility index (Phi) is 4.70. The van der Waals surface area contributed by atoms with Crippen molar-refractivity contribution in [2.45, 2.75) is 56.6 Å². The van der Waals surface area contributed by atoms with Gasteiger partial charge >= 0.3 is 12.0 Å². The van der Waals surface area contributed by atoms with Crippen molar-refractivity contribution in [3.05, 3.63) is 0 Å². The summed E-state index contributed by atoms with van der Waals surface area (Å²) in [5.74, 6) is -1.80. The number of amides is 4. The first-order valence-electron chi connectivity index (χ1n) is 8.26. The van der Waals surface area contributed by atoms with Crippen LogP contribution in [0.1, 0.15) is 44.9 Å². The summed E-state index contributed by atoms with van der Waals surface area (Å²) in [5, 5.41) is 3.37. The van der Waals surface area contributed by atoms with Gasteiger partial charge in [-0.05, 0) is 25.7 Å². The van der Waals surface area contributed by atoms with Crippen LogP contribution in [0.25, 0.3) is 0 Å². The maximum atomic E-state index is 12.5. The van der Waals surface area contributed by atoms with Crippen molar-refractivity contribution in [3.63, 3.8) is 0 Å². The van der Waals surface area contributed by atoms with Crippen molar-refractivity contribution in [1.82, 2.24) is 15.8 Å². The summed E-state index contributed by atoms with van der Waals surface area (Å²) in [5.41, 5.74) is 1.30. The minimum Gasteiger partial charge on any atom is -0.454 e. The van der Waals surface area contributed by atoms with Gasteiger partial charge in [0.05, 0.1) is 0 Å². The first-order chi connectivity index (χ1) is 11.5. The molecule has 0 aromatic carbocycles. The molecule has 2 N–H and O–H groups in total. The Morgan fingerprint density at radius 1 is 1.25 bits per heavy atom. The molecule has 0 aromatic rings. The van der Waals surface area contributed by atoms with Crippen molar-refractivity contribution >= 4 is 23.8 Å². The number of ether oxygens (including phenoxy) is 2. The number of urea groups is 1. The number of esters is 1. The second-order valence-corrected chi connectivity index (χ2v) is 6.36. The maximum Gasteiger partial charge on any atom is 0.344 e. The molecule has 3 fully saturated rings. The van der Waals surface area contributed by atoms with E-state index in [9.17, 15) is 19.2 Å². The highest BCUT2D eigenvalue weighted by atomic mass is 16.6.